The van der Waals surface area contributed by atoms with E-state index in [1.807, 2.05) is 0 Å². The average molecular weight is 325 g/mol. The van der Waals surface area contributed by atoms with Gasteiger partial charge in [-0.2, -0.15) is 0 Å². The van der Waals surface area contributed by atoms with Crippen LogP contribution in [0.2, 0.25) is 0 Å². The molecule has 24 heavy (non-hydrogen) atoms. The van der Waals surface area contributed by atoms with Crippen LogP contribution in [0.3, 0.4) is 0 Å². The number of nitrogens with one attached hydrogen (secondary N) is 1. The molecule has 0 saturated carbocycles. The van der Waals surface area contributed by atoms with Gasteiger partial charge in [0.15, 0.2) is 11.6 Å². The van der Waals surface area contributed by atoms with Crippen LogP contribution in [0.5, 0.6) is 11.5 Å². The third kappa shape index (κ3) is 3.46. The third-order valence-corrected chi connectivity index (χ3v) is 4.35. The lowest BCUT2D eigenvalue weighted by molar-refractivity contribution is 0.0810. The minimum Gasteiger partial charge on any atom is -0.508 e. The van der Waals surface area contributed by atoms with Crippen LogP contribution in [-0.4, -0.2) is 34.9 Å². The SMILES string of the molecule is O=C(c1cccc(O)c1)C1CNCC(C(=O)c2cccc(O)c2)C1. The van der Waals surface area contributed by atoms with Gasteiger partial charge in [-0.3, -0.25) is 9.59 Å². The van der Waals surface area contributed by atoms with Crippen molar-refractivity contribution in [2.45, 2.75) is 6.42 Å². The van der Waals surface area contributed by atoms with Crippen LogP contribution in [0.1, 0.15) is 27.1 Å². The summed E-state index contributed by atoms with van der Waals surface area (Å²) in [5.41, 5.74) is 0.902. The number of aromatic hydroxyl groups is 2. The summed E-state index contributed by atoms with van der Waals surface area (Å²) in [7, 11) is 0. The Morgan fingerprint density at radius 1 is 0.833 bits per heavy atom. The minimum atomic E-state index is -0.313. The number of carbonyl (C=O) groups is 2. The number of Topliss-reactive ketones (excluding diaryl/α,β-unsaturated/α-hetero) is 2. The molecule has 0 amide bonds. The molecule has 3 N–H and O–H groups in total. The molecule has 0 spiro atoms. The fourth-order valence-electron chi connectivity index (χ4n) is 3.13. The molecular weight excluding hydrogens is 306 g/mol. The Hall–Kier alpha value is -2.66. The molecule has 1 aliphatic heterocycles. The van der Waals surface area contributed by atoms with Crippen molar-refractivity contribution in [3.05, 3.63) is 59.7 Å². The van der Waals surface area contributed by atoms with Crippen LogP contribution in [0.25, 0.3) is 0 Å². The zero-order valence-corrected chi connectivity index (χ0v) is 13.1. The lowest BCUT2D eigenvalue weighted by Crippen LogP contribution is -2.42. The van der Waals surface area contributed by atoms with Crippen molar-refractivity contribution in [3.63, 3.8) is 0 Å². The fraction of sp³-hybridized carbons (Fsp3) is 0.263. The molecule has 1 aliphatic rings. The molecule has 0 radical (unpaired) electrons. The highest BCUT2D eigenvalue weighted by molar-refractivity contribution is 6.01. The maximum absolute atomic E-state index is 12.6. The van der Waals surface area contributed by atoms with Gasteiger partial charge in [-0.25, -0.2) is 0 Å². The molecule has 0 aromatic heterocycles. The molecule has 2 atom stereocenters. The number of ketones is 2. The van der Waals surface area contributed by atoms with Gasteiger partial charge in [-0.15, -0.1) is 0 Å². The van der Waals surface area contributed by atoms with Crippen molar-refractivity contribution >= 4 is 11.6 Å². The van der Waals surface area contributed by atoms with Gasteiger partial charge in [-0.05, 0) is 30.7 Å². The minimum absolute atomic E-state index is 0.0528. The number of hydrogen-bond donors (Lipinski definition) is 3. The molecule has 2 unspecified atom stereocenters. The van der Waals surface area contributed by atoms with E-state index in [0.29, 0.717) is 30.6 Å². The molecule has 5 heteroatoms. The first-order valence-corrected chi connectivity index (χ1v) is 7.92. The van der Waals surface area contributed by atoms with Gasteiger partial charge in [0.2, 0.25) is 0 Å². The van der Waals surface area contributed by atoms with Crippen molar-refractivity contribution in [1.82, 2.24) is 5.32 Å². The number of phenols is 2. The first-order valence-electron chi connectivity index (χ1n) is 7.92. The maximum atomic E-state index is 12.6. The van der Waals surface area contributed by atoms with Crippen LogP contribution in [0.15, 0.2) is 48.5 Å². The van der Waals surface area contributed by atoms with Crippen LogP contribution in [0.4, 0.5) is 0 Å². The summed E-state index contributed by atoms with van der Waals surface area (Å²) in [6.45, 7) is 1.02. The fourth-order valence-corrected chi connectivity index (χ4v) is 3.13. The molecule has 1 saturated heterocycles. The van der Waals surface area contributed by atoms with E-state index in [4.69, 9.17) is 0 Å². The first kappa shape index (κ1) is 16.2. The number of piperidine rings is 1. The van der Waals surface area contributed by atoms with E-state index in [2.05, 4.69) is 5.32 Å². The summed E-state index contributed by atoms with van der Waals surface area (Å²) in [5.74, 6) is -0.675. The smallest absolute Gasteiger partial charge is 0.167 e. The van der Waals surface area contributed by atoms with Gasteiger partial charge < -0.3 is 15.5 Å². The van der Waals surface area contributed by atoms with Crippen LogP contribution >= 0.6 is 0 Å². The van der Waals surface area contributed by atoms with Gasteiger partial charge in [0, 0.05) is 36.1 Å². The second kappa shape index (κ2) is 6.84. The monoisotopic (exact) mass is 325 g/mol. The van der Waals surface area contributed by atoms with Crippen molar-refractivity contribution in [2.24, 2.45) is 11.8 Å². The zero-order valence-electron chi connectivity index (χ0n) is 13.1. The summed E-state index contributed by atoms with van der Waals surface area (Å²) in [5, 5.41) is 22.2. The van der Waals surface area contributed by atoms with E-state index in [-0.39, 0.29) is 34.9 Å². The van der Waals surface area contributed by atoms with E-state index >= 15 is 0 Å². The summed E-state index contributed by atoms with van der Waals surface area (Å²) in [4.78, 5) is 25.2. The molecular formula is C19H19NO4. The van der Waals surface area contributed by atoms with E-state index in [1.165, 1.54) is 24.3 Å². The lowest BCUT2D eigenvalue weighted by atomic mass is 9.82. The second-order valence-corrected chi connectivity index (χ2v) is 6.12. The Bertz CT molecular complexity index is 708. The number of rotatable bonds is 4. The Morgan fingerprint density at radius 3 is 1.71 bits per heavy atom. The summed E-state index contributed by atoms with van der Waals surface area (Å²) in [6.07, 6.45) is 0.454. The highest BCUT2D eigenvalue weighted by Gasteiger charge is 2.32. The topological polar surface area (TPSA) is 86.6 Å². The van der Waals surface area contributed by atoms with Gasteiger partial charge in [0.05, 0.1) is 0 Å². The lowest BCUT2D eigenvalue weighted by Gasteiger charge is -2.28. The number of benzene rings is 2. The maximum Gasteiger partial charge on any atom is 0.167 e. The molecule has 1 heterocycles. The third-order valence-electron chi connectivity index (χ3n) is 4.35. The van der Waals surface area contributed by atoms with Gasteiger partial charge >= 0.3 is 0 Å². The quantitative estimate of drug-likeness (QED) is 0.752. The van der Waals surface area contributed by atoms with Crippen molar-refractivity contribution in [1.29, 1.82) is 0 Å². The van der Waals surface area contributed by atoms with Gasteiger partial charge in [-0.1, -0.05) is 24.3 Å². The van der Waals surface area contributed by atoms with E-state index in [0.717, 1.165) is 0 Å². The molecule has 124 valence electrons. The summed E-state index contributed by atoms with van der Waals surface area (Å²) >= 11 is 0. The van der Waals surface area contributed by atoms with Crippen LogP contribution in [-0.2, 0) is 0 Å². The molecule has 0 bridgehead atoms. The molecule has 3 rings (SSSR count). The molecule has 2 aromatic carbocycles. The van der Waals surface area contributed by atoms with Gasteiger partial charge in [0.1, 0.15) is 11.5 Å². The number of hydrogen-bond acceptors (Lipinski definition) is 5. The normalized spacial score (nSPS) is 20.5. The average Bonchev–Trinajstić information content (AvgIpc) is 2.60. The summed E-state index contributed by atoms with van der Waals surface area (Å²) in [6, 6.07) is 12.5. The molecule has 5 nitrogen and oxygen atoms in total. The number of carbonyl (C=O) groups excluding carboxylic acids is 2. The summed E-state index contributed by atoms with van der Waals surface area (Å²) < 4.78 is 0. The zero-order chi connectivity index (χ0) is 17.1. The molecule has 2 aromatic rings. The van der Waals surface area contributed by atoms with Crippen molar-refractivity contribution in [2.75, 3.05) is 13.1 Å². The van der Waals surface area contributed by atoms with E-state index in [9.17, 15) is 19.8 Å². The van der Waals surface area contributed by atoms with Crippen LogP contribution < -0.4 is 5.32 Å². The largest absolute Gasteiger partial charge is 0.508 e. The van der Waals surface area contributed by atoms with Crippen LogP contribution in [0, 0.1) is 11.8 Å². The van der Waals surface area contributed by atoms with Crippen molar-refractivity contribution < 1.29 is 19.8 Å². The van der Waals surface area contributed by atoms with E-state index < -0.39 is 0 Å². The Balaban J connectivity index is 1.74. The second-order valence-electron chi connectivity index (χ2n) is 6.12. The Labute approximate surface area is 139 Å². The Kier molecular flexibility index (Phi) is 4.62. The Morgan fingerprint density at radius 2 is 1.29 bits per heavy atom. The highest BCUT2D eigenvalue weighted by atomic mass is 16.3. The predicted molar refractivity (Wildman–Crippen MR) is 89.3 cm³/mol. The highest BCUT2D eigenvalue weighted by Crippen LogP contribution is 2.25. The molecule has 0 aliphatic carbocycles. The van der Waals surface area contributed by atoms with Gasteiger partial charge in [0.25, 0.3) is 0 Å². The number of phenolic OH excluding ortho intramolecular Hbond substituents is 2. The first-order chi connectivity index (χ1) is 11.5. The molecule has 1 fully saturated rings. The van der Waals surface area contributed by atoms with Crippen molar-refractivity contribution in [3.8, 4) is 11.5 Å². The predicted octanol–water partition coefficient (Wildman–Crippen LogP) is 2.39. The van der Waals surface area contributed by atoms with E-state index in [1.54, 1.807) is 24.3 Å². The standard InChI is InChI=1S/C19H19NO4/c21-16-5-1-3-12(8-16)18(23)14-7-15(11-20-10-14)19(24)13-4-2-6-17(22)9-13/h1-6,8-9,14-15,20-22H,7,10-11H2.